The zero-order valence-electron chi connectivity index (χ0n) is 12.6. The van der Waals surface area contributed by atoms with Crippen molar-refractivity contribution in [2.24, 2.45) is 17.3 Å². The van der Waals surface area contributed by atoms with Crippen molar-refractivity contribution in [3.8, 4) is 0 Å². The van der Waals surface area contributed by atoms with Crippen molar-refractivity contribution in [3.63, 3.8) is 0 Å². The molecule has 0 saturated heterocycles. The van der Waals surface area contributed by atoms with E-state index >= 15 is 0 Å². The minimum absolute atomic E-state index is 0.185. The van der Waals surface area contributed by atoms with Gasteiger partial charge in [-0.2, -0.15) is 0 Å². The molecule has 2 rings (SSSR count). The van der Waals surface area contributed by atoms with Crippen LogP contribution in [0.4, 0.5) is 0 Å². The first-order valence-electron chi connectivity index (χ1n) is 7.21. The smallest absolute Gasteiger partial charge is 0.307 e. The molecule has 0 aliphatic heterocycles. The molecular formula is C15H24N2O2S. The summed E-state index contributed by atoms with van der Waals surface area (Å²) < 4.78 is 0. The van der Waals surface area contributed by atoms with Gasteiger partial charge in [0.25, 0.3) is 0 Å². The topological polar surface area (TPSA) is 62.2 Å². The molecule has 0 spiro atoms. The largest absolute Gasteiger partial charge is 0.481 e. The number of rotatable bonds is 4. The van der Waals surface area contributed by atoms with Crippen LogP contribution in [0.15, 0.2) is 11.7 Å². The summed E-state index contributed by atoms with van der Waals surface area (Å²) in [6.07, 6.45) is 3.57. The predicted molar refractivity (Wildman–Crippen MR) is 80.8 cm³/mol. The molecule has 1 fully saturated rings. The molecule has 1 aliphatic carbocycles. The summed E-state index contributed by atoms with van der Waals surface area (Å²) in [6, 6.07) is 0.629. The number of aliphatic carboxylic acids is 1. The Labute approximate surface area is 124 Å². The maximum Gasteiger partial charge on any atom is 0.307 e. The van der Waals surface area contributed by atoms with E-state index in [-0.39, 0.29) is 17.4 Å². The molecule has 1 saturated carbocycles. The number of carbonyl (C=O) groups is 1. The van der Waals surface area contributed by atoms with Crippen LogP contribution in [-0.4, -0.2) is 22.1 Å². The Hall–Kier alpha value is -0.940. The Morgan fingerprint density at radius 2 is 2.25 bits per heavy atom. The number of nitrogens with one attached hydrogen (secondary N) is 1. The van der Waals surface area contributed by atoms with Gasteiger partial charge in [0.15, 0.2) is 0 Å². The average molecular weight is 296 g/mol. The molecule has 4 atom stereocenters. The Morgan fingerprint density at radius 3 is 2.80 bits per heavy atom. The molecule has 4 unspecified atom stereocenters. The highest BCUT2D eigenvalue weighted by molar-refractivity contribution is 7.09. The fourth-order valence-electron chi connectivity index (χ4n) is 3.32. The van der Waals surface area contributed by atoms with Crippen LogP contribution in [0.3, 0.4) is 0 Å². The van der Waals surface area contributed by atoms with Crippen LogP contribution < -0.4 is 5.32 Å². The van der Waals surface area contributed by atoms with Crippen LogP contribution in [0.1, 0.15) is 51.5 Å². The van der Waals surface area contributed by atoms with E-state index < -0.39 is 5.97 Å². The molecule has 0 aromatic carbocycles. The molecule has 20 heavy (non-hydrogen) atoms. The molecule has 1 heterocycles. The second kappa shape index (κ2) is 5.82. The highest BCUT2D eigenvalue weighted by Gasteiger charge is 2.46. The lowest BCUT2D eigenvalue weighted by atomic mass is 9.61. The van der Waals surface area contributed by atoms with Crippen LogP contribution in [0.25, 0.3) is 0 Å². The van der Waals surface area contributed by atoms with Gasteiger partial charge in [0, 0.05) is 23.2 Å². The minimum Gasteiger partial charge on any atom is -0.481 e. The lowest BCUT2D eigenvalue weighted by Gasteiger charge is -2.47. The number of carboxylic acids is 1. The van der Waals surface area contributed by atoms with Crippen molar-refractivity contribution in [2.45, 2.75) is 52.6 Å². The first kappa shape index (κ1) is 15.4. The van der Waals surface area contributed by atoms with Gasteiger partial charge in [-0.15, -0.1) is 11.3 Å². The predicted octanol–water partition coefficient (Wildman–Crippen LogP) is 3.32. The van der Waals surface area contributed by atoms with Gasteiger partial charge >= 0.3 is 5.97 Å². The third kappa shape index (κ3) is 2.88. The van der Waals surface area contributed by atoms with E-state index in [1.165, 1.54) is 4.88 Å². The van der Waals surface area contributed by atoms with Crippen LogP contribution in [-0.2, 0) is 4.79 Å². The molecule has 5 heteroatoms. The van der Waals surface area contributed by atoms with E-state index in [2.05, 4.69) is 38.0 Å². The fraction of sp³-hybridized carbons (Fsp3) is 0.733. The Bertz CT molecular complexity index is 458. The minimum atomic E-state index is -0.657. The molecule has 0 radical (unpaired) electrons. The fourth-order valence-corrected chi connectivity index (χ4v) is 3.95. The Kier molecular flexibility index (Phi) is 4.49. The summed E-state index contributed by atoms with van der Waals surface area (Å²) in [4.78, 5) is 16.8. The summed E-state index contributed by atoms with van der Waals surface area (Å²) in [7, 11) is 0. The highest BCUT2D eigenvalue weighted by Crippen LogP contribution is 2.45. The van der Waals surface area contributed by atoms with Gasteiger partial charge in [0.05, 0.1) is 11.4 Å². The van der Waals surface area contributed by atoms with E-state index in [0.717, 1.165) is 12.8 Å². The van der Waals surface area contributed by atoms with E-state index in [9.17, 15) is 9.90 Å². The molecule has 112 valence electrons. The van der Waals surface area contributed by atoms with E-state index in [4.69, 9.17) is 0 Å². The third-order valence-corrected chi connectivity index (χ3v) is 6.04. The maximum absolute atomic E-state index is 11.4. The molecule has 4 nitrogen and oxygen atoms in total. The van der Waals surface area contributed by atoms with Crippen LogP contribution in [0.2, 0.25) is 0 Å². The summed E-state index contributed by atoms with van der Waals surface area (Å²) in [5.41, 5.74) is 1.66. The zero-order valence-corrected chi connectivity index (χ0v) is 13.4. The SMILES string of the molecule is CC(NC1CCC(C(=O)O)C(C)(C)C1C)c1cncs1. The van der Waals surface area contributed by atoms with E-state index in [1.807, 2.05) is 11.7 Å². The molecule has 0 amide bonds. The summed E-state index contributed by atoms with van der Waals surface area (Å²) in [5.74, 6) is -0.571. The molecule has 1 aromatic heterocycles. The van der Waals surface area contributed by atoms with E-state index in [0.29, 0.717) is 12.0 Å². The Balaban J connectivity index is 2.06. The van der Waals surface area contributed by atoms with Gasteiger partial charge in [0.1, 0.15) is 0 Å². The normalized spacial score (nSPS) is 30.9. The van der Waals surface area contributed by atoms with Gasteiger partial charge in [-0.1, -0.05) is 20.8 Å². The van der Waals surface area contributed by atoms with Crippen molar-refractivity contribution in [2.75, 3.05) is 0 Å². The number of nitrogens with zero attached hydrogens (tertiary/aromatic N) is 1. The number of thiazole rings is 1. The van der Waals surface area contributed by atoms with Gasteiger partial charge < -0.3 is 10.4 Å². The standard InChI is InChI=1S/C15H24N2O2S/c1-9-12(17-10(2)13-7-16-8-20-13)6-5-11(14(18)19)15(9,3)4/h7-12,17H,5-6H2,1-4H3,(H,18,19). The van der Waals surface area contributed by atoms with Gasteiger partial charge in [-0.25, -0.2) is 0 Å². The van der Waals surface area contributed by atoms with Crippen molar-refractivity contribution < 1.29 is 9.90 Å². The van der Waals surface area contributed by atoms with Crippen molar-refractivity contribution in [1.82, 2.24) is 10.3 Å². The van der Waals surface area contributed by atoms with Crippen LogP contribution in [0.5, 0.6) is 0 Å². The second-order valence-electron chi connectivity index (χ2n) is 6.48. The number of carboxylic acid groups (broad SMARTS) is 1. The second-order valence-corrected chi connectivity index (χ2v) is 7.39. The van der Waals surface area contributed by atoms with Gasteiger partial charge in [-0.05, 0) is 31.1 Å². The highest BCUT2D eigenvalue weighted by atomic mass is 32.1. The van der Waals surface area contributed by atoms with Crippen LogP contribution in [0, 0.1) is 17.3 Å². The number of hydrogen-bond acceptors (Lipinski definition) is 4. The lowest BCUT2D eigenvalue weighted by Crippen LogP contribution is -2.51. The lowest BCUT2D eigenvalue weighted by molar-refractivity contribution is -0.150. The average Bonchev–Trinajstić information content (AvgIpc) is 2.88. The quantitative estimate of drug-likeness (QED) is 0.894. The van der Waals surface area contributed by atoms with Gasteiger partial charge in [0.2, 0.25) is 0 Å². The first-order valence-corrected chi connectivity index (χ1v) is 8.09. The van der Waals surface area contributed by atoms with Crippen molar-refractivity contribution in [3.05, 3.63) is 16.6 Å². The molecule has 0 bridgehead atoms. The number of aromatic nitrogens is 1. The van der Waals surface area contributed by atoms with Crippen LogP contribution >= 0.6 is 11.3 Å². The summed E-state index contributed by atoms with van der Waals surface area (Å²) >= 11 is 1.66. The monoisotopic (exact) mass is 296 g/mol. The maximum atomic E-state index is 11.4. The van der Waals surface area contributed by atoms with Gasteiger partial charge in [-0.3, -0.25) is 9.78 Å². The summed E-state index contributed by atoms with van der Waals surface area (Å²) in [5, 5.41) is 13.0. The molecule has 1 aromatic rings. The molecule has 1 aliphatic rings. The van der Waals surface area contributed by atoms with Crippen molar-refractivity contribution >= 4 is 17.3 Å². The third-order valence-electron chi connectivity index (χ3n) is 5.08. The van der Waals surface area contributed by atoms with Crippen molar-refractivity contribution in [1.29, 1.82) is 0 Å². The molecule has 2 N–H and O–H groups in total. The zero-order chi connectivity index (χ0) is 14.9. The number of hydrogen-bond donors (Lipinski definition) is 2. The molecular weight excluding hydrogens is 272 g/mol. The first-order chi connectivity index (χ1) is 9.34. The van der Waals surface area contributed by atoms with E-state index in [1.54, 1.807) is 11.3 Å². The Morgan fingerprint density at radius 1 is 1.55 bits per heavy atom. The summed E-state index contributed by atoms with van der Waals surface area (Å²) in [6.45, 7) is 8.49.